The van der Waals surface area contributed by atoms with Crippen molar-refractivity contribution in [3.05, 3.63) is 35.8 Å². The van der Waals surface area contributed by atoms with Gasteiger partial charge in [0.05, 0.1) is 38.1 Å². The number of hydrogen-bond acceptors (Lipinski definition) is 7. The van der Waals surface area contributed by atoms with Crippen LogP contribution in [0.3, 0.4) is 0 Å². The second-order valence-corrected chi connectivity index (χ2v) is 8.38. The summed E-state index contributed by atoms with van der Waals surface area (Å²) in [5.41, 5.74) is 1.68. The Bertz CT molecular complexity index is 899. The monoisotopic (exact) mass is 431 g/mol. The molecular weight excluding hydrogens is 406 g/mol. The third-order valence-corrected chi connectivity index (χ3v) is 6.26. The normalized spacial score (nSPS) is 21.6. The third kappa shape index (κ3) is 4.54. The molecule has 10 heteroatoms. The molecule has 2 saturated heterocycles. The summed E-state index contributed by atoms with van der Waals surface area (Å²) >= 11 is 1.24. The second kappa shape index (κ2) is 8.97. The minimum absolute atomic E-state index is 0.0585. The van der Waals surface area contributed by atoms with E-state index >= 15 is 0 Å². The number of carbonyl (C=O) groups is 2. The molecule has 3 amide bonds. The van der Waals surface area contributed by atoms with Gasteiger partial charge in [0.1, 0.15) is 10.8 Å². The molecule has 160 valence electrons. The Balaban J connectivity index is 1.48. The second-order valence-electron chi connectivity index (χ2n) is 7.57. The Morgan fingerprint density at radius 1 is 1.33 bits per heavy atom. The summed E-state index contributed by atoms with van der Waals surface area (Å²) in [6, 6.07) is 5.13. The molecule has 0 saturated carbocycles. The summed E-state index contributed by atoms with van der Waals surface area (Å²) in [6.45, 7) is 3.94. The molecule has 0 spiro atoms. The van der Waals surface area contributed by atoms with Crippen molar-refractivity contribution in [3.63, 3.8) is 0 Å². The van der Waals surface area contributed by atoms with Crippen LogP contribution < -0.4 is 15.4 Å². The lowest BCUT2D eigenvalue weighted by atomic mass is 9.88. The summed E-state index contributed by atoms with van der Waals surface area (Å²) in [5.74, 6) is 0.597. The number of pyridine rings is 1. The first kappa shape index (κ1) is 20.5. The minimum atomic E-state index is -0.283. The summed E-state index contributed by atoms with van der Waals surface area (Å²) in [6.07, 6.45) is 2.31. The molecule has 2 aromatic heterocycles. The molecule has 2 aromatic rings. The molecule has 2 aliphatic heterocycles. The highest BCUT2D eigenvalue weighted by molar-refractivity contribution is 7.10. The predicted molar refractivity (Wildman–Crippen MR) is 112 cm³/mol. The Labute approximate surface area is 178 Å². The van der Waals surface area contributed by atoms with Crippen LogP contribution in [0.1, 0.15) is 23.7 Å². The van der Waals surface area contributed by atoms with Crippen LogP contribution in [0.2, 0.25) is 0 Å². The van der Waals surface area contributed by atoms with Crippen LogP contribution in [-0.4, -0.2) is 65.7 Å². The van der Waals surface area contributed by atoms with Crippen LogP contribution in [0.4, 0.5) is 9.80 Å². The maximum atomic E-state index is 12.7. The van der Waals surface area contributed by atoms with E-state index in [-0.39, 0.29) is 29.8 Å². The van der Waals surface area contributed by atoms with Gasteiger partial charge in [-0.3, -0.25) is 15.1 Å². The first-order valence-corrected chi connectivity index (χ1v) is 10.7. The van der Waals surface area contributed by atoms with E-state index in [0.29, 0.717) is 43.5 Å². The van der Waals surface area contributed by atoms with Crippen molar-refractivity contribution < 1.29 is 19.1 Å². The van der Waals surface area contributed by atoms with Crippen LogP contribution in [-0.2, 0) is 9.53 Å². The topological polar surface area (TPSA) is 106 Å². The number of amides is 3. The number of ether oxygens (including phenoxy) is 2. The van der Waals surface area contributed by atoms with Gasteiger partial charge in [-0.2, -0.15) is 4.37 Å². The molecule has 2 N–H and O–H groups in total. The summed E-state index contributed by atoms with van der Waals surface area (Å²) in [7, 11) is 1.59. The number of carbonyl (C=O) groups excluding carboxylic acids is 2. The zero-order valence-electron chi connectivity index (χ0n) is 17.0. The van der Waals surface area contributed by atoms with Crippen LogP contribution in [0.5, 0.6) is 5.75 Å². The Hall–Kier alpha value is -2.72. The number of rotatable bonds is 5. The first-order chi connectivity index (χ1) is 14.5. The number of nitrogens with one attached hydrogen (secondary N) is 2. The number of piperidine rings is 1. The van der Waals surface area contributed by atoms with Gasteiger partial charge in [0.2, 0.25) is 5.91 Å². The molecule has 4 heterocycles. The van der Waals surface area contributed by atoms with E-state index in [9.17, 15) is 9.59 Å². The maximum absolute atomic E-state index is 12.7. The van der Waals surface area contributed by atoms with Gasteiger partial charge in [-0.05, 0) is 43.1 Å². The summed E-state index contributed by atoms with van der Waals surface area (Å²) in [4.78, 5) is 31.7. The molecule has 2 aliphatic rings. The van der Waals surface area contributed by atoms with E-state index in [1.54, 1.807) is 13.3 Å². The van der Waals surface area contributed by atoms with Gasteiger partial charge in [-0.15, -0.1) is 0 Å². The largest absolute Gasteiger partial charge is 0.495 e. The Morgan fingerprint density at radius 3 is 2.77 bits per heavy atom. The molecule has 9 nitrogen and oxygen atoms in total. The number of aromatic nitrogens is 2. The zero-order valence-corrected chi connectivity index (χ0v) is 17.8. The van der Waals surface area contributed by atoms with Crippen molar-refractivity contribution in [1.82, 2.24) is 19.6 Å². The molecule has 2 fully saturated rings. The minimum Gasteiger partial charge on any atom is -0.495 e. The number of likely N-dealkylation sites (tertiary alicyclic amines) is 1. The lowest BCUT2D eigenvalue weighted by Gasteiger charge is -2.41. The number of anilines is 1. The van der Waals surface area contributed by atoms with E-state index in [1.165, 1.54) is 11.5 Å². The molecule has 2 unspecified atom stereocenters. The van der Waals surface area contributed by atoms with Gasteiger partial charge in [-0.25, -0.2) is 4.79 Å². The van der Waals surface area contributed by atoms with Gasteiger partial charge in [-0.1, -0.05) is 0 Å². The van der Waals surface area contributed by atoms with Gasteiger partial charge >= 0.3 is 6.03 Å². The van der Waals surface area contributed by atoms with Crippen molar-refractivity contribution in [2.75, 3.05) is 38.7 Å². The van der Waals surface area contributed by atoms with Crippen LogP contribution in [0.25, 0.3) is 0 Å². The average molecular weight is 432 g/mol. The van der Waals surface area contributed by atoms with Gasteiger partial charge < -0.3 is 19.7 Å². The summed E-state index contributed by atoms with van der Waals surface area (Å²) < 4.78 is 14.6. The van der Waals surface area contributed by atoms with Crippen LogP contribution in [0.15, 0.2) is 24.4 Å². The third-order valence-electron chi connectivity index (χ3n) is 5.47. The molecule has 0 radical (unpaired) electrons. The predicted octanol–water partition coefficient (Wildman–Crippen LogP) is 2.01. The van der Waals surface area contributed by atoms with E-state index in [1.807, 2.05) is 30.0 Å². The molecular formula is C20H25N5O4S. The van der Waals surface area contributed by atoms with Crippen molar-refractivity contribution in [1.29, 1.82) is 0 Å². The fourth-order valence-corrected chi connectivity index (χ4v) is 4.39. The van der Waals surface area contributed by atoms with Gasteiger partial charge in [0, 0.05) is 30.7 Å². The standard InChI is InChI=1S/C20H25N5O4S/c1-12-7-18(30-24-12)23-20(27)22-17-5-6-25(19(26)13-10-29-11-13)9-15(17)16-4-3-14(28-2)8-21-16/h3-4,7-8,13,15,17H,5-6,9-11H2,1-2H3,(H2,22,23,27). The molecule has 4 rings (SSSR count). The van der Waals surface area contributed by atoms with E-state index in [4.69, 9.17) is 9.47 Å². The molecule has 2 atom stereocenters. The smallest absolute Gasteiger partial charge is 0.320 e. The lowest BCUT2D eigenvalue weighted by molar-refractivity contribution is -0.151. The molecule has 30 heavy (non-hydrogen) atoms. The highest BCUT2D eigenvalue weighted by atomic mass is 32.1. The van der Waals surface area contributed by atoms with Crippen molar-refractivity contribution >= 4 is 28.5 Å². The van der Waals surface area contributed by atoms with Gasteiger partial charge in [0.25, 0.3) is 0 Å². The van der Waals surface area contributed by atoms with Crippen molar-refractivity contribution in [2.45, 2.75) is 25.3 Å². The van der Waals surface area contributed by atoms with E-state index in [2.05, 4.69) is 20.0 Å². The van der Waals surface area contributed by atoms with E-state index < -0.39 is 0 Å². The highest BCUT2D eigenvalue weighted by Crippen LogP contribution is 2.29. The number of urea groups is 1. The van der Waals surface area contributed by atoms with Gasteiger partial charge in [0.15, 0.2) is 0 Å². The van der Waals surface area contributed by atoms with E-state index in [0.717, 1.165) is 11.4 Å². The number of aryl methyl sites for hydroxylation is 1. The fourth-order valence-electron chi connectivity index (χ4n) is 3.73. The Morgan fingerprint density at radius 2 is 2.17 bits per heavy atom. The molecule has 0 aliphatic carbocycles. The molecule has 0 aromatic carbocycles. The first-order valence-electron chi connectivity index (χ1n) is 9.91. The number of methoxy groups -OCH3 is 1. The zero-order chi connectivity index (χ0) is 21.1. The quantitative estimate of drug-likeness (QED) is 0.750. The van der Waals surface area contributed by atoms with Crippen molar-refractivity contribution in [2.24, 2.45) is 5.92 Å². The SMILES string of the molecule is COc1ccc(C2CN(C(=O)C3COC3)CCC2NC(=O)Nc2cc(C)ns2)nc1. The van der Waals surface area contributed by atoms with Crippen LogP contribution >= 0.6 is 11.5 Å². The molecule has 0 bridgehead atoms. The van der Waals surface area contributed by atoms with Crippen molar-refractivity contribution in [3.8, 4) is 5.75 Å². The summed E-state index contributed by atoms with van der Waals surface area (Å²) in [5, 5.41) is 6.60. The highest BCUT2D eigenvalue weighted by Gasteiger charge is 2.38. The fraction of sp³-hybridized carbons (Fsp3) is 0.500. The maximum Gasteiger partial charge on any atom is 0.320 e. The number of nitrogens with zero attached hydrogens (tertiary/aromatic N) is 3. The average Bonchev–Trinajstić information content (AvgIpc) is 3.11. The Kier molecular flexibility index (Phi) is 6.14. The number of hydrogen-bond donors (Lipinski definition) is 2. The lowest BCUT2D eigenvalue weighted by Crippen LogP contribution is -2.55. The van der Waals surface area contributed by atoms with Crippen LogP contribution in [0, 0.1) is 12.8 Å².